The molecule has 0 saturated heterocycles. The summed E-state index contributed by atoms with van der Waals surface area (Å²) in [6.07, 6.45) is 4.07. The van der Waals surface area contributed by atoms with Crippen LogP contribution in [-0.4, -0.2) is 17.2 Å². The molecule has 0 radical (unpaired) electrons. The molecular weight excluding hydrogens is 394 g/mol. The summed E-state index contributed by atoms with van der Waals surface area (Å²) in [4.78, 5) is 9.33. The number of aromatic nitrogens is 1. The second-order valence-electron chi connectivity index (χ2n) is 7.39. The van der Waals surface area contributed by atoms with Crippen molar-refractivity contribution in [3.05, 3.63) is 65.2 Å². The van der Waals surface area contributed by atoms with Crippen molar-refractivity contribution >= 4 is 28.1 Å². The Kier molecular flexibility index (Phi) is 12.7. The van der Waals surface area contributed by atoms with Crippen molar-refractivity contribution in [3.8, 4) is 0 Å². The van der Waals surface area contributed by atoms with Crippen LogP contribution < -0.4 is 17.2 Å². The number of anilines is 2. The zero-order valence-corrected chi connectivity index (χ0v) is 20.5. The number of nitrogens with two attached hydrogens (primary N) is 3. The Bertz CT molecular complexity index is 962. The first-order valence-corrected chi connectivity index (χ1v) is 11.8. The third-order valence-corrected chi connectivity index (χ3v) is 4.69. The molecule has 5 nitrogen and oxygen atoms in total. The third kappa shape index (κ3) is 7.65. The Hall–Kier alpha value is -2.92. The summed E-state index contributed by atoms with van der Waals surface area (Å²) in [7, 11) is 0. The van der Waals surface area contributed by atoms with Crippen LogP contribution >= 0.6 is 0 Å². The van der Waals surface area contributed by atoms with Crippen LogP contribution in [0, 0.1) is 0 Å². The van der Waals surface area contributed by atoms with E-state index in [0.717, 1.165) is 47.1 Å². The molecule has 1 aromatic heterocycles. The van der Waals surface area contributed by atoms with E-state index in [2.05, 4.69) is 50.0 Å². The molecule has 0 aliphatic rings. The van der Waals surface area contributed by atoms with Crippen molar-refractivity contribution in [2.45, 2.75) is 66.8 Å². The van der Waals surface area contributed by atoms with Crippen molar-refractivity contribution in [1.29, 1.82) is 0 Å². The summed E-state index contributed by atoms with van der Waals surface area (Å²) in [6, 6.07) is 16.2. The average Bonchev–Trinajstić information content (AvgIpc) is 2.82. The van der Waals surface area contributed by atoms with E-state index >= 15 is 0 Å². The van der Waals surface area contributed by atoms with Gasteiger partial charge in [0.1, 0.15) is 5.82 Å². The molecule has 6 N–H and O–H groups in total. The zero-order chi connectivity index (χ0) is 23.9. The van der Waals surface area contributed by atoms with Crippen molar-refractivity contribution in [2.75, 3.05) is 18.0 Å². The second kappa shape index (κ2) is 15.0. The number of unbranched alkanes of at least 4 members (excludes halogenated alkanes) is 1. The topological polar surface area (TPSA) is 103 Å². The summed E-state index contributed by atoms with van der Waals surface area (Å²) in [6.45, 7) is 11.7. The molecule has 1 heterocycles. The van der Waals surface area contributed by atoms with Crippen molar-refractivity contribution in [1.82, 2.24) is 4.98 Å². The van der Waals surface area contributed by atoms with Crippen LogP contribution in [0.4, 0.5) is 11.5 Å². The lowest BCUT2D eigenvalue weighted by atomic mass is 9.96. The van der Waals surface area contributed by atoms with E-state index in [0.29, 0.717) is 24.5 Å². The molecule has 0 saturated carbocycles. The van der Waals surface area contributed by atoms with Gasteiger partial charge >= 0.3 is 0 Å². The number of fused-ring (bicyclic) bond motifs is 1. The summed E-state index contributed by atoms with van der Waals surface area (Å²) in [5.74, 6) is 0.352. The number of para-hydroxylation sites is 1. The molecule has 3 rings (SSSR count). The van der Waals surface area contributed by atoms with Crippen LogP contribution in [0.5, 0.6) is 0 Å². The van der Waals surface area contributed by atoms with Gasteiger partial charge in [-0.1, -0.05) is 89.9 Å². The summed E-state index contributed by atoms with van der Waals surface area (Å²) < 4.78 is 0. The number of benzene rings is 2. The van der Waals surface area contributed by atoms with Crippen LogP contribution in [0.1, 0.15) is 70.6 Å². The van der Waals surface area contributed by atoms with E-state index < -0.39 is 0 Å². The Morgan fingerprint density at radius 3 is 2.09 bits per heavy atom. The molecule has 3 aromatic rings. The second-order valence-corrected chi connectivity index (χ2v) is 7.39. The van der Waals surface area contributed by atoms with E-state index in [1.807, 2.05) is 38.1 Å². The predicted molar refractivity (Wildman–Crippen MR) is 142 cm³/mol. The smallest absolute Gasteiger partial charge is 0.148 e. The van der Waals surface area contributed by atoms with Gasteiger partial charge in [-0.05, 0) is 23.6 Å². The van der Waals surface area contributed by atoms with Crippen molar-refractivity contribution in [3.63, 3.8) is 0 Å². The molecule has 32 heavy (non-hydrogen) atoms. The predicted octanol–water partition coefficient (Wildman–Crippen LogP) is 6.13. The molecule has 0 amide bonds. The van der Waals surface area contributed by atoms with Gasteiger partial charge in [0.15, 0.2) is 0 Å². The maximum atomic E-state index is 6.37. The van der Waals surface area contributed by atoms with Crippen LogP contribution in [-0.2, 0) is 13.0 Å². The van der Waals surface area contributed by atoms with Gasteiger partial charge in [0.05, 0.1) is 11.2 Å². The SMILES string of the molecule is CC.CCC.CCCCN=C(Cc1ccc(CN)cc1)c1c(N)c(N)nc2ccccc12. The molecule has 2 aromatic carbocycles. The van der Waals surface area contributed by atoms with Gasteiger partial charge in [0.2, 0.25) is 0 Å². The van der Waals surface area contributed by atoms with E-state index in [4.69, 9.17) is 22.2 Å². The Morgan fingerprint density at radius 1 is 0.906 bits per heavy atom. The van der Waals surface area contributed by atoms with Gasteiger partial charge in [0, 0.05) is 36.2 Å². The fourth-order valence-corrected chi connectivity index (χ4v) is 3.14. The van der Waals surface area contributed by atoms with Gasteiger partial charge in [-0.3, -0.25) is 4.99 Å². The molecule has 0 aliphatic heterocycles. The number of pyridine rings is 1. The van der Waals surface area contributed by atoms with E-state index in [1.54, 1.807) is 0 Å². The van der Waals surface area contributed by atoms with E-state index in [-0.39, 0.29) is 0 Å². The molecule has 174 valence electrons. The first-order chi connectivity index (χ1) is 15.5. The van der Waals surface area contributed by atoms with Gasteiger partial charge in [0.25, 0.3) is 0 Å². The lowest BCUT2D eigenvalue weighted by Crippen LogP contribution is -2.13. The first kappa shape index (κ1) is 27.1. The summed E-state index contributed by atoms with van der Waals surface area (Å²) in [5.41, 5.74) is 23.7. The van der Waals surface area contributed by atoms with Gasteiger partial charge < -0.3 is 17.2 Å². The van der Waals surface area contributed by atoms with Crippen LogP contribution in [0.3, 0.4) is 0 Å². The van der Waals surface area contributed by atoms with Crippen molar-refractivity contribution in [2.24, 2.45) is 10.7 Å². The van der Waals surface area contributed by atoms with Gasteiger partial charge in [-0.15, -0.1) is 0 Å². The minimum atomic E-state index is 0.352. The highest BCUT2D eigenvalue weighted by Crippen LogP contribution is 2.29. The number of rotatable bonds is 7. The molecular formula is C27H41N5. The van der Waals surface area contributed by atoms with Crippen molar-refractivity contribution < 1.29 is 0 Å². The monoisotopic (exact) mass is 435 g/mol. The number of hydrogen-bond acceptors (Lipinski definition) is 5. The maximum absolute atomic E-state index is 6.37. The molecule has 0 aliphatic carbocycles. The Balaban J connectivity index is 0.000000944. The molecule has 0 spiro atoms. The lowest BCUT2D eigenvalue weighted by molar-refractivity contribution is 0.807. The fourth-order valence-electron chi connectivity index (χ4n) is 3.14. The summed E-state index contributed by atoms with van der Waals surface area (Å²) in [5, 5.41) is 0.984. The normalized spacial score (nSPS) is 10.8. The Labute approximate surface area is 194 Å². The number of nitrogens with zero attached hydrogens (tertiary/aromatic N) is 2. The number of nitrogen functional groups attached to an aromatic ring is 2. The number of aliphatic imine (C=N–C) groups is 1. The van der Waals surface area contributed by atoms with Crippen LogP contribution in [0.15, 0.2) is 53.5 Å². The first-order valence-electron chi connectivity index (χ1n) is 11.8. The molecule has 5 heteroatoms. The quantitative estimate of drug-likeness (QED) is 0.306. The Morgan fingerprint density at radius 2 is 1.50 bits per heavy atom. The third-order valence-electron chi connectivity index (χ3n) is 4.69. The standard InChI is InChI=1S/C22H27N5.C3H8.C2H6/c1-2-3-12-26-19(13-15-8-10-16(14-23)11-9-15)20-17-6-4-5-7-18(17)27-22(25)21(20)24;1-3-2;1-2/h4-11H,2-3,12-14,23-24H2,1H3,(H2,25,27);3H2,1-2H3;1-2H3. The largest absolute Gasteiger partial charge is 0.395 e. The zero-order valence-electron chi connectivity index (χ0n) is 20.5. The minimum absolute atomic E-state index is 0.352. The van der Waals surface area contributed by atoms with Gasteiger partial charge in [-0.2, -0.15) is 0 Å². The van der Waals surface area contributed by atoms with E-state index in [9.17, 15) is 0 Å². The van der Waals surface area contributed by atoms with Crippen LogP contribution in [0.25, 0.3) is 10.9 Å². The lowest BCUT2D eigenvalue weighted by Gasteiger charge is -2.15. The number of hydrogen-bond donors (Lipinski definition) is 3. The van der Waals surface area contributed by atoms with Crippen LogP contribution in [0.2, 0.25) is 0 Å². The average molecular weight is 436 g/mol. The highest BCUT2D eigenvalue weighted by atomic mass is 14.9. The molecule has 0 unspecified atom stereocenters. The molecule has 0 atom stereocenters. The fraction of sp³-hybridized carbons (Fsp3) is 0.407. The highest BCUT2D eigenvalue weighted by molar-refractivity contribution is 6.16. The minimum Gasteiger partial charge on any atom is -0.395 e. The van der Waals surface area contributed by atoms with E-state index in [1.165, 1.54) is 12.0 Å². The van der Waals surface area contributed by atoms with Gasteiger partial charge in [-0.25, -0.2) is 4.98 Å². The molecule has 0 bridgehead atoms. The summed E-state index contributed by atoms with van der Waals surface area (Å²) >= 11 is 0. The molecule has 0 fully saturated rings. The highest BCUT2D eigenvalue weighted by Gasteiger charge is 2.16. The maximum Gasteiger partial charge on any atom is 0.148 e.